The van der Waals surface area contributed by atoms with Crippen molar-refractivity contribution in [3.8, 4) is 5.75 Å². The second-order valence-corrected chi connectivity index (χ2v) is 7.01. The monoisotopic (exact) mass is 314 g/mol. The van der Waals surface area contributed by atoms with Crippen LogP contribution in [-0.2, 0) is 14.6 Å². The number of amides is 1. The van der Waals surface area contributed by atoms with Gasteiger partial charge < -0.3 is 15.1 Å². The number of pyridine rings is 1. The van der Waals surface area contributed by atoms with Crippen LogP contribution in [0.15, 0.2) is 18.5 Å². The molecule has 8 nitrogen and oxygen atoms in total. The van der Waals surface area contributed by atoms with Crippen LogP contribution in [0.25, 0.3) is 0 Å². The number of carbonyl (C=O) groups excluding carboxylic acids is 1. The number of carboxylic acid groups (broad SMARTS) is 1. The molecule has 1 amide bonds. The number of aromatic hydroxyl groups is 1. The molecule has 0 aromatic carbocycles. The summed E-state index contributed by atoms with van der Waals surface area (Å²) in [6, 6.07) is 0.557. The maximum Gasteiger partial charge on any atom is 0.323 e. The van der Waals surface area contributed by atoms with Crippen LogP contribution in [0.3, 0.4) is 0 Å². The molecule has 1 atom stereocenters. The minimum atomic E-state index is -3.26. The molecule has 9 heteroatoms. The highest BCUT2D eigenvalue weighted by Gasteiger charge is 2.36. The predicted molar refractivity (Wildman–Crippen MR) is 71.6 cm³/mol. The van der Waals surface area contributed by atoms with E-state index in [1.165, 1.54) is 12.3 Å². The second-order valence-electron chi connectivity index (χ2n) is 4.78. The molecule has 0 saturated carbocycles. The Hall–Kier alpha value is -2.16. The first kappa shape index (κ1) is 15.2. The van der Waals surface area contributed by atoms with Gasteiger partial charge >= 0.3 is 5.97 Å². The van der Waals surface area contributed by atoms with Crippen LogP contribution in [0.1, 0.15) is 16.8 Å². The van der Waals surface area contributed by atoms with Gasteiger partial charge in [0.2, 0.25) is 0 Å². The molecule has 0 radical (unpaired) electrons. The van der Waals surface area contributed by atoms with Crippen LogP contribution in [0.2, 0.25) is 0 Å². The Labute approximate surface area is 120 Å². The maximum absolute atomic E-state index is 12.4. The van der Waals surface area contributed by atoms with Crippen LogP contribution < -0.4 is 0 Å². The Bertz CT molecular complexity index is 672. The highest BCUT2D eigenvalue weighted by atomic mass is 32.2. The fourth-order valence-corrected chi connectivity index (χ4v) is 3.99. The zero-order valence-corrected chi connectivity index (χ0v) is 11.8. The number of carbonyl (C=O) groups is 2. The minimum Gasteiger partial charge on any atom is -0.505 e. The topological polar surface area (TPSA) is 125 Å². The first-order valence-electron chi connectivity index (χ1n) is 6.16. The first-order valence-corrected chi connectivity index (χ1v) is 7.98. The lowest BCUT2D eigenvalue weighted by molar-refractivity contribution is -0.138. The summed E-state index contributed by atoms with van der Waals surface area (Å²) in [5.41, 5.74) is -0.101. The lowest BCUT2D eigenvalue weighted by atomic mass is 10.1. The fourth-order valence-electron chi connectivity index (χ4n) is 2.26. The quantitative estimate of drug-likeness (QED) is 0.767. The Balaban J connectivity index is 2.30. The van der Waals surface area contributed by atoms with Gasteiger partial charge in [0.05, 0.1) is 23.3 Å². The van der Waals surface area contributed by atoms with Gasteiger partial charge in [-0.3, -0.25) is 14.6 Å². The zero-order valence-electron chi connectivity index (χ0n) is 11.0. The van der Waals surface area contributed by atoms with Crippen LogP contribution in [0, 0.1) is 0 Å². The van der Waals surface area contributed by atoms with Crippen molar-refractivity contribution in [1.29, 1.82) is 0 Å². The average Bonchev–Trinajstić information content (AvgIpc) is 2.76. The maximum atomic E-state index is 12.4. The number of aliphatic carboxylic acids is 1. The molecule has 114 valence electrons. The minimum absolute atomic E-state index is 0.0800. The van der Waals surface area contributed by atoms with Crippen molar-refractivity contribution in [2.75, 3.05) is 18.1 Å². The third kappa shape index (κ3) is 3.48. The summed E-state index contributed by atoms with van der Waals surface area (Å²) in [6.07, 6.45) is 2.54. The number of rotatable bonds is 4. The summed E-state index contributed by atoms with van der Waals surface area (Å²) < 4.78 is 23.0. The third-order valence-electron chi connectivity index (χ3n) is 3.25. The molecule has 2 rings (SSSR count). The smallest absolute Gasteiger partial charge is 0.323 e. The molecule has 1 aromatic rings. The molecule has 0 bridgehead atoms. The molecule has 21 heavy (non-hydrogen) atoms. The number of carboxylic acids is 1. The van der Waals surface area contributed by atoms with E-state index in [-0.39, 0.29) is 29.2 Å². The largest absolute Gasteiger partial charge is 0.505 e. The zero-order chi connectivity index (χ0) is 15.6. The molecule has 1 fully saturated rings. The molecule has 2 heterocycles. The molecule has 1 aliphatic rings. The van der Waals surface area contributed by atoms with Gasteiger partial charge in [0.1, 0.15) is 12.3 Å². The van der Waals surface area contributed by atoms with E-state index in [0.29, 0.717) is 0 Å². The van der Waals surface area contributed by atoms with Crippen LogP contribution in [0.5, 0.6) is 5.75 Å². The molecule has 1 unspecified atom stereocenters. The van der Waals surface area contributed by atoms with E-state index in [0.717, 1.165) is 11.1 Å². The van der Waals surface area contributed by atoms with Crippen molar-refractivity contribution < 1.29 is 28.2 Å². The third-order valence-corrected chi connectivity index (χ3v) is 5.00. The lowest BCUT2D eigenvalue weighted by Crippen LogP contribution is -2.44. The summed E-state index contributed by atoms with van der Waals surface area (Å²) in [4.78, 5) is 27.9. The van der Waals surface area contributed by atoms with E-state index in [1.54, 1.807) is 0 Å². The molecular formula is C12H14N2O6S. The summed E-state index contributed by atoms with van der Waals surface area (Å²) in [5, 5.41) is 18.6. The van der Waals surface area contributed by atoms with Crippen LogP contribution >= 0.6 is 0 Å². The lowest BCUT2D eigenvalue weighted by Gasteiger charge is -2.26. The van der Waals surface area contributed by atoms with Gasteiger partial charge in [0.15, 0.2) is 9.84 Å². The van der Waals surface area contributed by atoms with Crippen LogP contribution in [0.4, 0.5) is 0 Å². The average molecular weight is 314 g/mol. The molecule has 0 spiro atoms. The van der Waals surface area contributed by atoms with Crippen molar-refractivity contribution in [3.63, 3.8) is 0 Å². The molecule has 0 aliphatic carbocycles. The number of nitrogens with zero attached hydrogens (tertiary/aromatic N) is 2. The second kappa shape index (κ2) is 5.68. The molecular weight excluding hydrogens is 300 g/mol. The van der Waals surface area contributed by atoms with Crippen LogP contribution in [-0.4, -0.2) is 64.5 Å². The standard InChI is InChI=1S/C12H14N2O6S/c15-10-5-13-3-1-9(10)12(18)14(6-11(16)17)8-2-4-21(19,20)7-8/h1,3,5,8,15H,2,4,6-7H2,(H,16,17). The highest BCUT2D eigenvalue weighted by Crippen LogP contribution is 2.23. The van der Waals surface area contributed by atoms with Gasteiger partial charge in [-0.2, -0.15) is 0 Å². The summed E-state index contributed by atoms with van der Waals surface area (Å²) in [5.74, 6) is -2.69. The predicted octanol–water partition coefficient (Wildman–Crippen LogP) is -0.499. The number of aromatic nitrogens is 1. The van der Waals surface area contributed by atoms with E-state index < -0.39 is 34.3 Å². The number of hydrogen-bond donors (Lipinski definition) is 2. The normalized spacial score (nSPS) is 20.1. The van der Waals surface area contributed by atoms with E-state index >= 15 is 0 Å². The van der Waals surface area contributed by atoms with Gasteiger partial charge in [-0.25, -0.2) is 8.42 Å². The first-order chi connectivity index (χ1) is 9.80. The van der Waals surface area contributed by atoms with E-state index in [2.05, 4.69) is 4.98 Å². The van der Waals surface area contributed by atoms with Crippen molar-refractivity contribution >= 4 is 21.7 Å². The number of hydrogen-bond acceptors (Lipinski definition) is 6. The van der Waals surface area contributed by atoms with Gasteiger partial charge in [-0.15, -0.1) is 0 Å². The molecule has 1 saturated heterocycles. The van der Waals surface area contributed by atoms with Crippen molar-refractivity contribution in [2.45, 2.75) is 12.5 Å². The molecule has 2 N–H and O–H groups in total. The highest BCUT2D eigenvalue weighted by molar-refractivity contribution is 7.91. The van der Waals surface area contributed by atoms with Gasteiger partial charge in [0, 0.05) is 12.2 Å². The molecule has 1 aromatic heterocycles. The van der Waals surface area contributed by atoms with Gasteiger partial charge in [-0.1, -0.05) is 0 Å². The summed E-state index contributed by atoms with van der Waals surface area (Å²) in [7, 11) is -3.26. The summed E-state index contributed by atoms with van der Waals surface area (Å²) >= 11 is 0. The Morgan fingerprint density at radius 1 is 1.43 bits per heavy atom. The number of sulfone groups is 1. The SMILES string of the molecule is O=C(O)CN(C(=O)c1ccncc1O)C1CCS(=O)(=O)C1. The van der Waals surface area contributed by atoms with E-state index in [9.17, 15) is 23.1 Å². The van der Waals surface area contributed by atoms with Gasteiger partial charge in [0.25, 0.3) is 5.91 Å². The molecule has 1 aliphatic heterocycles. The summed E-state index contributed by atoms with van der Waals surface area (Å²) in [6.45, 7) is -0.624. The van der Waals surface area contributed by atoms with Gasteiger partial charge in [-0.05, 0) is 12.5 Å². The fraction of sp³-hybridized carbons (Fsp3) is 0.417. The Morgan fingerprint density at radius 2 is 2.14 bits per heavy atom. The Morgan fingerprint density at radius 3 is 2.67 bits per heavy atom. The van der Waals surface area contributed by atoms with Crippen molar-refractivity contribution in [1.82, 2.24) is 9.88 Å². The van der Waals surface area contributed by atoms with E-state index in [4.69, 9.17) is 5.11 Å². The van der Waals surface area contributed by atoms with E-state index in [1.807, 2.05) is 0 Å². The van der Waals surface area contributed by atoms with Crippen molar-refractivity contribution in [3.05, 3.63) is 24.0 Å². The van der Waals surface area contributed by atoms with Crippen molar-refractivity contribution in [2.24, 2.45) is 0 Å². The Kier molecular flexibility index (Phi) is 4.12.